The second kappa shape index (κ2) is 7.10. The van der Waals surface area contributed by atoms with Crippen LogP contribution < -0.4 is 5.32 Å². The van der Waals surface area contributed by atoms with Crippen molar-refractivity contribution in [3.05, 3.63) is 42.5 Å². The SMILES string of the molecule is CCS(=O)(=O)c1cccc(S(=O)(=O)N2CCNCC2c2nccn2C)c1. The van der Waals surface area contributed by atoms with Crippen LogP contribution in [0.2, 0.25) is 0 Å². The molecule has 0 spiro atoms. The Bertz CT molecular complexity index is 999. The lowest BCUT2D eigenvalue weighted by molar-refractivity contribution is 0.258. The zero-order chi connectivity index (χ0) is 18.9. The fourth-order valence-electron chi connectivity index (χ4n) is 3.02. The quantitative estimate of drug-likeness (QED) is 0.789. The van der Waals surface area contributed by atoms with Crippen molar-refractivity contribution >= 4 is 19.9 Å². The third-order valence-corrected chi connectivity index (χ3v) is 8.14. The molecule has 142 valence electrons. The maximum atomic E-state index is 13.2. The number of aryl methyl sites for hydroxylation is 1. The molecule has 1 unspecified atom stereocenters. The molecule has 1 atom stereocenters. The molecule has 0 bridgehead atoms. The van der Waals surface area contributed by atoms with Gasteiger partial charge in [0.05, 0.1) is 21.6 Å². The topological polar surface area (TPSA) is 101 Å². The van der Waals surface area contributed by atoms with E-state index in [2.05, 4.69) is 10.3 Å². The van der Waals surface area contributed by atoms with Crippen LogP contribution in [0, 0.1) is 0 Å². The summed E-state index contributed by atoms with van der Waals surface area (Å²) in [6.45, 7) is 2.78. The monoisotopic (exact) mass is 398 g/mol. The van der Waals surface area contributed by atoms with Gasteiger partial charge in [0.2, 0.25) is 10.0 Å². The highest BCUT2D eigenvalue weighted by Crippen LogP contribution is 2.29. The number of sulfonamides is 1. The summed E-state index contributed by atoms with van der Waals surface area (Å²) < 4.78 is 53.9. The maximum absolute atomic E-state index is 13.2. The standard InChI is InChI=1S/C16H22N4O4S2/c1-3-25(21,22)13-5-4-6-14(11-13)26(23,24)20-10-7-17-12-15(20)16-18-8-9-19(16)2/h4-6,8-9,11,15,17H,3,7,10,12H2,1-2H3. The molecule has 2 heterocycles. The molecule has 1 N–H and O–H groups in total. The van der Waals surface area contributed by atoms with E-state index in [1.807, 2.05) is 7.05 Å². The van der Waals surface area contributed by atoms with Gasteiger partial charge in [0, 0.05) is 39.1 Å². The molecule has 1 saturated heterocycles. The van der Waals surface area contributed by atoms with Crippen LogP contribution in [0.5, 0.6) is 0 Å². The second-order valence-electron chi connectivity index (χ2n) is 6.11. The normalized spacial score (nSPS) is 19.5. The molecular weight excluding hydrogens is 376 g/mol. The Balaban J connectivity index is 2.04. The third-order valence-electron chi connectivity index (χ3n) is 4.50. The van der Waals surface area contributed by atoms with Crippen LogP contribution >= 0.6 is 0 Å². The number of benzene rings is 1. The van der Waals surface area contributed by atoms with E-state index in [9.17, 15) is 16.8 Å². The van der Waals surface area contributed by atoms with Crippen molar-refractivity contribution in [2.75, 3.05) is 25.4 Å². The zero-order valence-corrected chi connectivity index (χ0v) is 16.3. The number of hydrogen-bond acceptors (Lipinski definition) is 6. The number of aromatic nitrogens is 2. The number of piperazine rings is 1. The molecule has 1 aromatic heterocycles. The number of rotatable bonds is 5. The zero-order valence-electron chi connectivity index (χ0n) is 14.7. The Morgan fingerprint density at radius 2 is 1.96 bits per heavy atom. The first-order valence-corrected chi connectivity index (χ1v) is 11.4. The van der Waals surface area contributed by atoms with E-state index in [-0.39, 0.29) is 22.1 Å². The van der Waals surface area contributed by atoms with Gasteiger partial charge in [0.1, 0.15) is 5.82 Å². The average molecular weight is 399 g/mol. The molecule has 0 amide bonds. The highest BCUT2D eigenvalue weighted by Gasteiger charge is 2.36. The Hall–Kier alpha value is -1.75. The predicted octanol–water partition coefficient (Wildman–Crippen LogP) is 0.549. The van der Waals surface area contributed by atoms with Crippen molar-refractivity contribution in [1.82, 2.24) is 19.2 Å². The number of imidazole rings is 1. The molecule has 0 radical (unpaired) electrons. The molecule has 2 aromatic rings. The minimum Gasteiger partial charge on any atom is -0.337 e. The molecule has 1 aromatic carbocycles. The van der Waals surface area contributed by atoms with Gasteiger partial charge in [-0.2, -0.15) is 4.31 Å². The fraction of sp³-hybridized carbons (Fsp3) is 0.438. The van der Waals surface area contributed by atoms with Crippen LogP contribution in [0.25, 0.3) is 0 Å². The number of hydrogen-bond donors (Lipinski definition) is 1. The van der Waals surface area contributed by atoms with Crippen LogP contribution in [0.15, 0.2) is 46.5 Å². The van der Waals surface area contributed by atoms with Gasteiger partial charge >= 0.3 is 0 Å². The molecular formula is C16H22N4O4S2. The highest BCUT2D eigenvalue weighted by atomic mass is 32.2. The fourth-order valence-corrected chi connectivity index (χ4v) is 5.65. The smallest absolute Gasteiger partial charge is 0.243 e. The van der Waals surface area contributed by atoms with Crippen molar-refractivity contribution in [3.8, 4) is 0 Å². The maximum Gasteiger partial charge on any atom is 0.243 e. The van der Waals surface area contributed by atoms with Crippen LogP contribution in [0.1, 0.15) is 18.8 Å². The predicted molar refractivity (Wildman–Crippen MR) is 96.9 cm³/mol. The van der Waals surface area contributed by atoms with Crippen molar-refractivity contribution in [2.45, 2.75) is 22.8 Å². The molecule has 0 aliphatic carbocycles. The number of nitrogens with zero attached hydrogens (tertiary/aromatic N) is 3. The van der Waals surface area contributed by atoms with Crippen LogP contribution in [0.4, 0.5) is 0 Å². The van der Waals surface area contributed by atoms with Crippen LogP contribution in [-0.4, -0.2) is 56.1 Å². The van der Waals surface area contributed by atoms with Gasteiger partial charge in [0.15, 0.2) is 9.84 Å². The first-order chi connectivity index (χ1) is 12.3. The summed E-state index contributed by atoms with van der Waals surface area (Å²) in [5.74, 6) is 0.554. The third kappa shape index (κ3) is 3.41. The van der Waals surface area contributed by atoms with Crippen molar-refractivity contribution in [3.63, 3.8) is 0 Å². The van der Waals surface area contributed by atoms with Gasteiger partial charge in [-0.25, -0.2) is 21.8 Å². The first-order valence-electron chi connectivity index (χ1n) is 8.30. The van der Waals surface area contributed by atoms with E-state index < -0.39 is 25.9 Å². The lowest BCUT2D eigenvalue weighted by atomic mass is 10.2. The van der Waals surface area contributed by atoms with Crippen LogP contribution in [0.3, 0.4) is 0 Å². The lowest BCUT2D eigenvalue weighted by Crippen LogP contribution is -2.49. The Morgan fingerprint density at radius 3 is 2.62 bits per heavy atom. The van der Waals surface area contributed by atoms with E-state index in [0.29, 0.717) is 18.9 Å². The minimum absolute atomic E-state index is 0.0183. The van der Waals surface area contributed by atoms with Crippen LogP contribution in [-0.2, 0) is 26.9 Å². The first kappa shape index (κ1) is 19.0. The summed E-state index contributed by atoms with van der Waals surface area (Å²) in [6.07, 6.45) is 3.40. The van der Waals surface area contributed by atoms with E-state index in [1.165, 1.54) is 35.5 Å². The molecule has 0 saturated carbocycles. The average Bonchev–Trinajstić information content (AvgIpc) is 3.07. The molecule has 1 aliphatic heterocycles. The Kier molecular flexibility index (Phi) is 5.20. The van der Waals surface area contributed by atoms with Crippen molar-refractivity contribution < 1.29 is 16.8 Å². The molecule has 1 fully saturated rings. The van der Waals surface area contributed by atoms with E-state index >= 15 is 0 Å². The largest absolute Gasteiger partial charge is 0.337 e. The van der Waals surface area contributed by atoms with E-state index in [1.54, 1.807) is 17.0 Å². The van der Waals surface area contributed by atoms with Gasteiger partial charge in [-0.1, -0.05) is 13.0 Å². The molecule has 3 rings (SSSR count). The van der Waals surface area contributed by atoms with Gasteiger partial charge in [-0.3, -0.25) is 0 Å². The molecule has 10 heteroatoms. The summed E-state index contributed by atoms with van der Waals surface area (Å²) in [5, 5.41) is 3.19. The highest BCUT2D eigenvalue weighted by molar-refractivity contribution is 7.91. The molecule has 26 heavy (non-hydrogen) atoms. The van der Waals surface area contributed by atoms with E-state index in [4.69, 9.17) is 0 Å². The second-order valence-corrected chi connectivity index (χ2v) is 10.3. The summed E-state index contributed by atoms with van der Waals surface area (Å²) in [7, 11) is -5.54. The minimum atomic E-state index is -3.87. The van der Waals surface area contributed by atoms with Gasteiger partial charge in [-0.05, 0) is 18.2 Å². The van der Waals surface area contributed by atoms with E-state index in [0.717, 1.165) is 0 Å². The van der Waals surface area contributed by atoms with Crippen molar-refractivity contribution in [1.29, 1.82) is 0 Å². The van der Waals surface area contributed by atoms with Gasteiger partial charge < -0.3 is 9.88 Å². The van der Waals surface area contributed by atoms with Crippen molar-refractivity contribution in [2.24, 2.45) is 7.05 Å². The Labute approximate surface area is 153 Å². The van der Waals surface area contributed by atoms with Gasteiger partial charge in [0.25, 0.3) is 0 Å². The van der Waals surface area contributed by atoms with Gasteiger partial charge in [-0.15, -0.1) is 0 Å². The summed E-state index contributed by atoms with van der Waals surface area (Å²) in [4.78, 5) is 4.29. The Morgan fingerprint density at radius 1 is 1.23 bits per heavy atom. The molecule has 1 aliphatic rings. The molecule has 8 nitrogen and oxygen atoms in total. The lowest BCUT2D eigenvalue weighted by Gasteiger charge is -2.34. The number of sulfone groups is 1. The summed E-state index contributed by atoms with van der Waals surface area (Å²) in [5.41, 5.74) is 0. The summed E-state index contributed by atoms with van der Waals surface area (Å²) >= 11 is 0. The summed E-state index contributed by atoms with van der Waals surface area (Å²) in [6, 6.07) is 5.10. The number of nitrogens with one attached hydrogen (secondary N) is 1.